The fourth-order valence-electron chi connectivity index (χ4n) is 2.70. The first-order valence-corrected chi connectivity index (χ1v) is 8.21. The van der Waals surface area contributed by atoms with Gasteiger partial charge in [-0.25, -0.2) is 0 Å². The average Bonchev–Trinajstić information content (AvgIpc) is 2.67. The van der Waals surface area contributed by atoms with Gasteiger partial charge in [-0.15, -0.1) is 0 Å². The van der Waals surface area contributed by atoms with Crippen LogP contribution >= 0.6 is 0 Å². The van der Waals surface area contributed by atoms with Crippen LogP contribution in [0.4, 0.5) is 11.4 Å². The molecule has 0 saturated heterocycles. The van der Waals surface area contributed by atoms with Gasteiger partial charge in [-0.05, 0) is 36.2 Å². The Morgan fingerprint density at radius 3 is 2.65 bits per heavy atom. The highest BCUT2D eigenvalue weighted by Gasteiger charge is 2.17. The maximum atomic E-state index is 12.2. The maximum absolute atomic E-state index is 12.2. The number of nitro groups is 1. The lowest BCUT2D eigenvalue weighted by Gasteiger charge is -2.18. The number of benzene rings is 2. The van der Waals surface area contributed by atoms with E-state index in [1.807, 2.05) is 18.2 Å². The van der Waals surface area contributed by atoms with Gasteiger partial charge in [-0.3, -0.25) is 14.9 Å². The van der Waals surface area contributed by atoms with Gasteiger partial charge in [0.25, 0.3) is 11.6 Å². The normalized spacial score (nSPS) is 12.3. The number of hydrogen-bond donors (Lipinski definition) is 2. The lowest BCUT2D eigenvalue weighted by molar-refractivity contribution is -0.384. The van der Waals surface area contributed by atoms with E-state index in [-0.39, 0.29) is 17.2 Å². The van der Waals surface area contributed by atoms with E-state index in [1.54, 1.807) is 13.1 Å². The molecule has 0 unspecified atom stereocenters. The Labute approximate surface area is 150 Å². The molecule has 2 aromatic rings. The zero-order chi connectivity index (χ0) is 18.5. The minimum Gasteiger partial charge on any atom is -0.486 e. The molecular weight excluding hydrogens is 338 g/mol. The molecule has 2 N–H and O–H groups in total. The molecule has 0 aromatic heterocycles. The molecule has 1 amide bonds. The first-order valence-electron chi connectivity index (χ1n) is 8.21. The minimum absolute atomic E-state index is 0.132. The third kappa shape index (κ3) is 3.85. The molecule has 8 heteroatoms. The summed E-state index contributed by atoms with van der Waals surface area (Å²) in [6.07, 6.45) is 0.610. The number of nitrogens with zero attached hydrogens (tertiary/aromatic N) is 1. The molecule has 1 aliphatic rings. The van der Waals surface area contributed by atoms with Gasteiger partial charge in [0.1, 0.15) is 18.9 Å². The van der Waals surface area contributed by atoms with Crippen molar-refractivity contribution in [2.75, 3.05) is 32.1 Å². The molecule has 3 rings (SSSR count). The zero-order valence-corrected chi connectivity index (χ0v) is 14.3. The second kappa shape index (κ2) is 7.73. The van der Waals surface area contributed by atoms with Gasteiger partial charge in [0.05, 0.1) is 4.92 Å². The standard InChI is InChI=1S/C18H19N3O5/c1-19-14-4-3-13(11-15(14)21(23)24)18(22)20-7-6-12-2-5-16-17(10-12)26-9-8-25-16/h2-5,10-11,19H,6-9H2,1H3,(H,20,22). The van der Waals surface area contributed by atoms with Gasteiger partial charge in [0.15, 0.2) is 11.5 Å². The van der Waals surface area contributed by atoms with Crippen LogP contribution in [0, 0.1) is 10.1 Å². The minimum atomic E-state index is -0.516. The lowest BCUT2D eigenvalue weighted by atomic mass is 10.1. The largest absolute Gasteiger partial charge is 0.486 e. The van der Waals surface area contributed by atoms with Crippen molar-refractivity contribution in [3.05, 3.63) is 57.6 Å². The van der Waals surface area contributed by atoms with E-state index in [1.165, 1.54) is 12.1 Å². The van der Waals surface area contributed by atoms with E-state index in [9.17, 15) is 14.9 Å². The topological polar surface area (TPSA) is 103 Å². The molecule has 1 aliphatic heterocycles. The van der Waals surface area contributed by atoms with Crippen LogP contribution in [0.15, 0.2) is 36.4 Å². The summed E-state index contributed by atoms with van der Waals surface area (Å²) in [6.45, 7) is 1.47. The lowest BCUT2D eigenvalue weighted by Crippen LogP contribution is -2.25. The molecule has 0 radical (unpaired) electrons. The number of carbonyl (C=O) groups is 1. The Bertz CT molecular complexity index is 838. The average molecular weight is 357 g/mol. The first kappa shape index (κ1) is 17.5. The first-order chi connectivity index (χ1) is 12.6. The van der Waals surface area contributed by atoms with Crippen molar-refractivity contribution in [3.63, 3.8) is 0 Å². The predicted molar refractivity (Wildman–Crippen MR) is 96.1 cm³/mol. The zero-order valence-electron chi connectivity index (χ0n) is 14.3. The number of nitro benzene ring substituents is 1. The van der Waals surface area contributed by atoms with E-state index < -0.39 is 4.92 Å². The van der Waals surface area contributed by atoms with E-state index in [0.717, 1.165) is 11.3 Å². The summed E-state index contributed by atoms with van der Waals surface area (Å²) in [5, 5.41) is 16.6. The molecule has 0 atom stereocenters. The van der Waals surface area contributed by atoms with Crippen LogP contribution in [0.5, 0.6) is 11.5 Å². The van der Waals surface area contributed by atoms with Gasteiger partial charge in [0, 0.05) is 25.2 Å². The number of anilines is 1. The third-order valence-electron chi connectivity index (χ3n) is 4.03. The highest BCUT2D eigenvalue weighted by atomic mass is 16.6. The van der Waals surface area contributed by atoms with Crippen LogP contribution in [-0.2, 0) is 6.42 Å². The monoisotopic (exact) mass is 357 g/mol. The molecule has 0 spiro atoms. The van der Waals surface area contributed by atoms with Crippen molar-refractivity contribution in [2.45, 2.75) is 6.42 Å². The fourth-order valence-corrected chi connectivity index (χ4v) is 2.70. The SMILES string of the molecule is CNc1ccc(C(=O)NCCc2ccc3c(c2)OCCO3)cc1[N+](=O)[O-]. The van der Waals surface area contributed by atoms with E-state index in [0.29, 0.717) is 37.6 Å². The van der Waals surface area contributed by atoms with Gasteiger partial charge in [-0.1, -0.05) is 6.07 Å². The van der Waals surface area contributed by atoms with Crippen LogP contribution in [-0.4, -0.2) is 37.6 Å². The van der Waals surface area contributed by atoms with Crippen LogP contribution in [0.3, 0.4) is 0 Å². The number of amides is 1. The summed E-state index contributed by atoms with van der Waals surface area (Å²) in [7, 11) is 1.59. The number of nitrogens with one attached hydrogen (secondary N) is 2. The van der Waals surface area contributed by atoms with Crippen molar-refractivity contribution < 1.29 is 19.2 Å². The summed E-state index contributed by atoms with van der Waals surface area (Å²) < 4.78 is 11.0. The van der Waals surface area contributed by atoms with E-state index in [2.05, 4.69) is 10.6 Å². The molecule has 0 fully saturated rings. The van der Waals surface area contributed by atoms with Gasteiger partial charge in [-0.2, -0.15) is 0 Å². The van der Waals surface area contributed by atoms with Crippen LogP contribution < -0.4 is 20.1 Å². The Morgan fingerprint density at radius 1 is 1.15 bits per heavy atom. The molecular formula is C18H19N3O5. The van der Waals surface area contributed by atoms with Crippen LogP contribution in [0.1, 0.15) is 15.9 Å². The summed E-state index contributed by atoms with van der Waals surface area (Å²) >= 11 is 0. The van der Waals surface area contributed by atoms with Gasteiger partial charge < -0.3 is 20.1 Å². The predicted octanol–water partition coefficient (Wildman–Crippen LogP) is 2.38. The smallest absolute Gasteiger partial charge is 0.293 e. The number of hydrogen-bond acceptors (Lipinski definition) is 6. The van der Waals surface area contributed by atoms with Crippen LogP contribution in [0.25, 0.3) is 0 Å². The van der Waals surface area contributed by atoms with Crippen molar-refractivity contribution in [3.8, 4) is 11.5 Å². The summed E-state index contributed by atoms with van der Waals surface area (Å²) in [4.78, 5) is 22.8. The number of rotatable bonds is 6. The van der Waals surface area contributed by atoms with Crippen LogP contribution in [0.2, 0.25) is 0 Å². The molecule has 0 aliphatic carbocycles. The summed E-state index contributed by atoms with van der Waals surface area (Å²) in [5.41, 5.74) is 1.48. The van der Waals surface area contributed by atoms with Gasteiger partial charge in [0.2, 0.25) is 0 Å². The van der Waals surface area contributed by atoms with E-state index in [4.69, 9.17) is 9.47 Å². The summed E-state index contributed by atoms with van der Waals surface area (Å²) in [5.74, 6) is 1.08. The molecule has 26 heavy (non-hydrogen) atoms. The molecule has 0 bridgehead atoms. The molecule has 8 nitrogen and oxygen atoms in total. The number of fused-ring (bicyclic) bond motifs is 1. The molecule has 2 aromatic carbocycles. The second-order valence-corrected chi connectivity index (χ2v) is 5.72. The van der Waals surface area contributed by atoms with Crippen molar-refractivity contribution in [1.29, 1.82) is 0 Å². The Kier molecular flexibility index (Phi) is 5.21. The number of ether oxygens (including phenoxy) is 2. The molecule has 0 saturated carbocycles. The Morgan fingerprint density at radius 2 is 1.92 bits per heavy atom. The Balaban J connectivity index is 1.61. The van der Waals surface area contributed by atoms with Crippen molar-refractivity contribution in [1.82, 2.24) is 5.32 Å². The van der Waals surface area contributed by atoms with E-state index >= 15 is 0 Å². The summed E-state index contributed by atoms with van der Waals surface area (Å²) in [6, 6.07) is 10.0. The quantitative estimate of drug-likeness (QED) is 0.608. The highest BCUT2D eigenvalue weighted by molar-refractivity contribution is 5.95. The van der Waals surface area contributed by atoms with Gasteiger partial charge >= 0.3 is 0 Å². The van der Waals surface area contributed by atoms with Crippen molar-refractivity contribution >= 4 is 17.3 Å². The maximum Gasteiger partial charge on any atom is 0.293 e. The molecule has 1 heterocycles. The molecule has 136 valence electrons. The number of carbonyl (C=O) groups excluding carboxylic acids is 1. The fraction of sp³-hybridized carbons (Fsp3) is 0.278. The second-order valence-electron chi connectivity index (χ2n) is 5.72. The highest BCUT2D eigenvalue weighted by Crippen LogP contribution is 2.30. The Hall–Kier alpha value is -3.29. The van der Waals surface area contributed by atoms with Crippen molar-refractivity contribution in [2.24, 2.45) is 0 Å². The third-order valence-corrected chi connectivity index (χ3v) is 4.03.